The first-order valence-corrected chi connectivity index (χ1v) is 13.4. The third kappa shape index (κ3) is 5.37. The van der Waals surface area contributed by atoms with Crippen molar-refractivity contribution < 1.29 is 22.7 Å². The largest absolute Gasteiger partial charge is 0.494 e. The highest BCUT2D eigenvalue weighted by Gasteiger charge is 2.49. The van der Waals surface area contributed by atoms with Crippen molar-refractivity contribution in [2.75, 3.05) is 12.3 Å². The van der Waals surface area contributed by atoms with Crippen LogP contribution in [0.25, 0.3) is 0 Å². The SMILES string of the molecule is CCOc1cccc2c1CN(Cc1ccc(OC(C)C)nc1)C2(C)C(=O)NS(=O)(=O)c1cccc(N)n1. The number of hydrogen-bond donors (Lipinski definition) is 2. The Kier molecular flexibility index (Phi) is 7.37. The van der Waals surface area contributed by atoms with Crippen molar-refractivity contribution in [2.24, 2.45) is 0 Å². The zero-order valence-corrected chi connectivity index (χ0v) is 22.1. The van der Waals surface area contributed by atoms with E-state index in [1.54, 1.807) is 25.3 Å². The average molecular weight is 526 g/mol. The van der Waals surface area contributed by atoms with Gasteiger partial charge in [0.1, 0.15) is 17.1 Å². The van der Waals surface area contributed by atoms with Crippen LogP contribution in [0, 0.1) is 0 Å². The number of nitrogens with two attached hydrogens (primary N) is 1. The van der Waals surface area contributed by atoms with E-state index in [1.165, 1.54) is 18.2 Å². The Hall–Kier alpha value is -3.70. The van der Waals surface area contributed by atoms with Crippen molar-refractivity contribution in [3.63, 3.8) is 0 Å². The fourth-order valence-corrected chi connectivity index (χ4v) is 5.40. The molecule has 0 fully saturated rings. The molecule has 11 heteroatoms. The molecule has 0 saturated heterocycles. The van der Waals surface area contributed by atoms with E-state index in [9.17, 15) is 13.2 Å². The predicted octanol–water partition coefficient (Wildman–Crippen LogP) is 2.98. The second-order valence-electron chi connectivity index (χ2n) is 9.15. The number of hydrogen-bond acceptors (Lipinski definition) is 9. The Balaban J connectivity index is 1.70. The molecule has 37 heavy (non-hydrogen) atoms. The van der Waals surface area contributed by atoms with E-state index in [1.807, 2.05) is 43.9 Å². The number of benzene rings is 1. The molecule has 0 aliphatic carbocycles. The number of nitrogen functional groups attached to an aromatic ring is 1. The number of carbonyl (C=O) groups excluding carboxylic acids is 1. The summed E-state index contributed by atoms with van der Waals surface area (Å²) in [6, 6.07) is 13.3. The predicted molar refractivity (Wildman–Crippen MR) is 138 cm³/mol. The van der Waals surface area contributed by atoms with Crippen LogP contribution < -0.4 is 19.9 Å². The third-order valence-corrected chi connectivity index (χ3v) is 7.39. The topological polar surface area (TPSA) is 137 Å². The Labute approximate surface area is 216 Å². The summed E-state index contributed by atoms with van der Waals surface area (Å²) in [6.07, 6.45) is 1.68. The van der Waals surface area contributed by atoms with Gasteiger partial charge in [0.15, 0.2) is 5.03 Å². The second kappa shape index (κ2) is 10.3. The monoisotopic (exact) mass is 525 g/mol. The van der Waals surface area contributed by atoms with Crippen LogP contribution in [-0.4, -0.2) is 41.9 Å². The van der Waals surface area contributed by atoms with E-state index in [4.69, 9.17) is 15.2 Å². The maximum Gasteiger partial charge on any atom is 0.281 e. The summed E-state index contributed by atoms with van der Waals surface area (Å²) >= 11 is 0. The molecule has 0 bridgehead atoms. The lowest BCUT2D eigenvalue weighted by Gasteiger charge is -2.34. The molecule has 1 atom stereocenters. The van der Waals surface area contributed by atoms with Gasteiger partial charge < -0.3 is 15.2 Å². The lowest BCUT2D eigenvalue weighted by Crippen LogP contribution is -2.52. The van der Waals surface area contributed by atoms with Gasteiger partial charge in [0.2, 0.25) is 5.88 Å². The van der Waals surface area contributed by atoms with Crippen LogP contribution >= 0.6 is 0 Å². The van der Waals surface area contributed by atoms with Gasteiger partial charge in [0.25, 0.3) is 15.9 Å². The summed E-state index contributed by atoms with van der Waals surface area (Å²) in [5.74, 6) is 0.481. The Morgan fingerprint density at radius 3 is 2.59 bits per heavy atom. The maximum atomic E-state index is 13.8. The molecule has 10 nitrogen and oxygen atoms in total. The van der Waals surface area contributed by atoms with Gasteiger partial charge in [-0.25, -0.2) is 14.7 Å². The Bertz CT molecular complexity index is 1390. The molecule has 196 valence electrons. The molecule has 3 aromatic rings. The normalized spacial score (nSPS) is 17.4. The Morgan fingerprint density at radius 2 is 1.95 bits per heavy atom. The fourth-order valence-electron chi connectivity index (χ4n) is 4.36. The van der Waals surface area contributed by atoms with Gasteiger partial charge in [0, 0.05) is 30.9 Å². The first-order valence-electron chi connectivity index (χ1n) is 12.0. The number of anilines is 1. The summed E-state index contributed by atoms with van der Waals surface area (Å²) in [6.45, 7) is 8.59. The number of rotatable bonds is 9. The van der Waals surface area contributed by atoms with E-state index >= 15 is 0 Å². The second-order valence-corrected chi connectivity index (χ2v) is 10.8. The lowest BCUT2D eigenvalue weighted by atomic mass is 9.90. The van der Waals surface area contributed by atoms with Crippen LogP contribution in [0.1, 0.15) is 44.4 Å². The molecule has 4 rings (SSSR count). The van der Waals surface area contributed by atoms with E-state index in [-0.39, 0.29) is 16.9 Å². The number of pyridine rings is 2. The summed E-state index contributed by atoms with van der Waals surface area (Å²) in [5.41, 5.74) is 6.66. The van der Waals surface area contributed by atoms with Crippen LogP contribution in [-0.2, 0) is 33.4 Å². The molecule has 3 N–H and O–H groups in total. The fraction of sp³-hybridized carbons (Fsp3) is 0.346. The van der Waals surface area contributed by atoms with Gasteiger partial charge >= 0.3 is 0 Å². The van der Waals surface area contributed by atoms with E-state index in [2.05, 4.69) is 14.7 Å². The van der Waals surface area contributed by atoms with Crippen molar-refractivity contribution >= 4 is 21.7 Å². The van der Waals surface area contributed by atoms with Crippen molar-refractivity contribution in [3.05, 3.63) is 71.4 Å². The van der Waals surface area contributed by atoms with Crippen LogP contribution in [0.4, 0.5) is 5.82 Å². The first-order chi connectivity index (χ1) is 17.5. The molecule has 1 unspecified atom stereocenters. The van der Waals surface area contributed by atoms with Gasteiger partial charge in [-0.3, -0.25) is 9.69 Å². The number of ether oxygens (including phenoxy) is 2. The summed E-state index contributed by atoms with van der Waals surface area (Å²) < 4.78 is 39.8. The van der Waals surface area contributed by atoms with Crippen LogP contribution in [0.15, 0.2) is 59.8 Å². The van der Waals surface area contributed by atoms with Gasteiger partial charge in [-0.05, 0) is 57.0 Å². The molecule has 1 amide bonds. The van der Waals surface area contributed by atoms with Gasteiger partial charge in [0.05, 0.1) is 12.7 Å². The van der Waals surface area contributed by atoms with Crippen LogP contribution in [0.2, 0.25) is 0 Å². The van der Waals surface area contributed by atoms with Crippen LogP contribution in [0.5, 0.6) is 11.6 Å². The minimum Gasteiger partial charge on any atom is -0.494 e. The van der Waals surface area contributed by atoms with E-state index in [0.29, 0.717) is 36.9 Å². The molecule has 2 aromatic heterocycles. The smallest absolute Gasteiger partial charge is 0.281 e. The highest BCUT2D eigenvalue weighted by Crippen LogP contribution is 2.44. The minimum atomic E-state index is -4.27. The average Bonchev–Trinajstić information content (AvgIpc) is 3.13. The van der Waals surface area contributed by atoms with Crippen molar-refractivity contribution in [1.82, 2.24) is 19.6 Å². The molecule has 0 saturated carbocycles. The maximum absolute atomic E-state index is 13.8. The van der Waals surface area contributed by atoms with Crippen LogP contribution in [0.3, 0.4) is 0 Å². The van der Waals surface area contributed by atoms with Gasteiger partial charge in [-0.2, -0.15) is 8.42 Å². The Morgan fingerprint density at radius 1 is 1.19 bits per heavy atom. The molecular formula is C26H31N5O5S. The van der Waals surface area contributed by atoms with E-state index < -0.39 is 21.5 Å². The summed E-state index contributed by atoms with van der Waals surface area (Å²) in [5, 5.41) is -0.331. The molecule has 3 heterocycles. The van der Waals surface area contributed by atoms with Crippen molar-refractivity contribution in [3.8, 4) is 11.6 Å². The number of carbonyl (C=O) groups is 1. The van der Waals surface area contributed by atoms with Gasteiger partial charge in [-0.15, -0.1) is 0 Å². The number of sulfonamides is 1. The van der Waals surface area contributed by atoms with Crippen molar-refractivity contribution in [2.45, 2.75) is 57.5 Å². The lowest BCUT2D eigenvalue weighted by molar-refractivity contribution is -0.131. The standard InChI is InChI=1S/C26H31N5O5S/c1-5-35-21-9-6-8-20-19(21)16-31(15-18-12-13-23(28-14-18)36-17(2)3)26(20,4)25(32)30-37(33,34)24-11-7-10-22(27)29-24/h6-14,17H,5,15-16H2,1-4H3,(H2,27,29)(H,30,32). The molecule has 1 aromatic carbocycles. The van der Waals surface area contributed by atoms with E-state index in [0.717, 1.165) is 11.1 Å². The highest BCUT2D eigenvalue weighted by atomic mass is 32.2. The number of fused-ring (bicyclic) bond motifs is 1. The zero-order chi connectivity index (χ0) is 26.8. The zero-order valence-electron chi connectivity index (χ0n) is 21.3. The third-order valence-electron chi connectivity index (χ3n) is 6.16. The van der Waals surface area contributed by atoms with Gasteiger partial charge in [-0.1, -0.05) is 24.3 Å². The number of aromatic nitrogens is 2. The first kappa shape index (κ1) is 26.4. The molecule has 0 radical (unpaired) electrons. The number of nitrogens with zero attached hydrogens (tertiary/aromatic N) is 3. The highest BCUT2D eigenvalue weighted by molar-refractivity contribution is 7.90. The van der Waals surface area contributed by atoms with Crippen molar-refractivity contribution in [1.29, 1.82) is 0 Å². The minimum absolute atomic E-state index is 0.00758. The summed E-state index contributed by atoms with van der Waals surface area (Å²) in [4.78, 5) is 23.9. The number of amides is 1. The molecule has 1 aliphatic rings. The quantitative estimate of drug-likeness (QED) is 0.432. The molecule has 1 aliphatic heterocycles. The molecular weight excluding hydrogens is 494 g/mol. The number of nitrogens with one attached hydrogen (secondary N) is 1. The summed E-state index contributed by atoms with van der Waals surface area (Å²) in [7, 11) is -4.27. The molecule has 0 spiro atoms.